The van der Waals surface area contributed by atoms with E-state index in [0.717, 1.165) is 5.52 Å². The zero-order valence-electron chi connectivity index (χ0n) is 11.7. The van der Waals surface area contributed by atoms with Gasteiger partial charge in [0.2, 0.25) is 6.29 Å². The van der Waals surface area contributed by atoms with Crippen molar-refractivity contribution in [3.05, 3.63) is 27.8 Å². The number of hydrogen-bond donors (Lipinski definition) is 5. The van der Waals surface area contributed by atoms with E-state index >= 15 is 0 Å². The maximum atomic E-state index is 10.0. The van der Waals surface area contributed by atoms with Gasteiger partial charge in [-0.3, -0.25) is 0 Å². The summed E-state index contributed by atoms with van der Waals surface area (Å²) in [5.74, 6) is 0.315. The van der Waals surface area contributed by atoms with Crippen molar-refractivity contribution in [3.8, 4) is 5.75 Å². The van der Waals surface area contributed by atoms with Crippen molar-refractivity contribution in [2.75, 3.05) is 6.61 Å². The predicted octanol–water partition coefficient (Wildman–Crippen LogP) is 0.762. The Kier molecular flexibility index (Phi) is 4.84. The van der Waals surface area contributed by atoms with Crippen LogP contribution >= 0.6 is 27.5 Å². The molecule has 0 radical (unpaired) electrons. The summed E-state index contributed by atoms with van der Waals surface area (Å²) in [5, 5.41) is 39.8. The number of benzene rings is 1. The minimum Gasteiger partial charge on any atom is -0.460 e. The fourth-order valence-corrected chi connectivity index (χ4v) is 3.10. The number of fused-ring (bicyclic) bond motifs is 1. The molecule has 0 unspecified atom stereocenters. The van der Waals surface area contributed by atoms with Gasteiger partial charge in [0, 0.05) is 10.7 Å². The zero-order chi connectivity index (χ0) is 16.7. The molecule has 5 N–H and O–H groups in total. The first kappa shape index (κ1) is 17.0. The van der Waals surface area contributed by atoms with Gasteiger partial charge in [0.05, 0.1) is 22.5 Å². The van der Waals surface area contributed by atoms with Crippen LogP contribution in [0.1, 0.15) is 0 Å². The van der Waals surface area contributed by atoms with Crippen molar-refractivity contribution in [2.45, 2.75) is 30.7 Å². The second kappa shape index (κ2) is 6.56. The number of aromatic nitrogens is 1. The summed E-state index contributed by atoms with van der Waals surface area (Å²) in [6.45, 7) is -0.523. The largest absolute Gasteiger partial charge is 0.460 e. The van der Waals surface area contributed by atoms with Crippen LogP contribution in [-0.4, -0.2) is 62.7 Å². The van der Waals surface area contributed by atoms with Gasteiger partial charge in [-0.15, -0.1) is 0 Å². The Hall–Kier alpha value is -0.870. The molecule has 5 atom stereocenters. The standard InChI is InChI=1S/C14H15BrClNO6/c15-5-1-2-6-9(10(5)16)7(3-17-6)22-14-13(21)12(20)11(19)8(4-18)23-14/h1-3,8,11-14,17-21H,4H2/t8-,11+,12+,13-,14+/m0/s1. The molecule has 1 fully saturated rings. The first-order chi connectivity index (χ1) is 10.9. The highest BCUT2D eigenvalue weighted by Gasteiger charge is 2.44. The van der Waals surface area contributed by atoms with Gasteiger partial charge < -0.3 is 34.9 Å². The summed E-state index contributed by atoms with van der Waals surface area (Å²) in [6.07, 6.45) is -5.17. The number of nitrogens with one attached hydrogen (secondary N) is 1. The lowest BCUT2D eigenvalue weighted by Gasteiger charge is -2.39. The third kappa shape index (κ3) is 2.96. The minimum absolute atomic E-state index is 0.315. The molecule has 3 rings (SSSR count). The molecule has 0 aliphatic carbocycles. The van der Waals surface area contributed by atoms with Gasteiger partial charge in [-0.05, 0) is 28.1 Å². The number of aliphatic hydroxyl groups excluding tert-OH is 4. The number of H-pyrrole nitrogens is 1. The Bertz CT molecular complexity index is 708. The molecular weight excluding hydrogens is 394 g/mol. The SMILES string of the molecule is OC[C@@H]1O[C@@H](Oc2c[nH]c3ccc(Br)c(Cl)c23)[C@@H](O)[C@H](O)[C@@H]1O. The summed E-state index contributed by atoms with van der Waals surface area (Å²) >= 11 is 9.58. The second-order valence-electron chi connectivity index (χ2n) is 5.25. The number of halogens is 2. The van der Waals surface area contributed by atoms with Gasteiger partial charge in [-0.1, -0.05) is 11.6 Å². The summed E-state index contributed by atoms with van der Waals surface area (Å²) in [6, 6.07) is 3.57. The molecule has 1 saturated heterocycles. The predicted molar refractivity (Wildman–Crippen MR) is 85.4 cm³/mol. The molecule has 1 aromatic heterocycles. The number of aliphatic hydroxyl groups is 4. The lowest BCUT2D eigenvalue weighted by atomic mass is 9.99. The van der Waals surface area contributed by atoms with Crippen molar-refractivity contribution in [2.24, 2.45) is 0 Å². The summed E-state index contributed by atoms with van der Waals surface area (Å²) in [4.78, 5) is 2.98. The molecule has 2 aromatic rings. The molecule has 7 nitrogen and oxygen atoms in total. The molecule has 2 heterocycles. The van der Waals surface area contributed by atoms with Crippen LogP contribution in [-0.2, 0) is 4.74 Å². The van der Waals surface area contributed by atoms with Gasteiger partial charge in [-0.2, -0.15) is 0 Å². The molecule has 1 aliphatic heterocycles. The van der Waals surface area contributed by atoms with Crippen molar-refractivity contribution >= 4 is 38.4 Å². The van der Waals surface area contributed by atoms with Crippen LogP contribution < -0.4 is 4.74 Å². The first-order valence-electron chi connectivity index (χ1n) is 6.86. The van der Waals surface area contributed by atoms with Gasteiger partial charge in [0.15, 0.2) is 0 Å². The number of rotatable bonds is 3. The highest BCUT2D eigenvalue weighted by atomic mass is 79.9. The average molecular weight is 409 g/mol. The Morgan fingerprint density at radius 3 is 2.65 bits per heavy atom. The van der Waals surface area contributed by atoms with Gasteiger partial charge in [0.1, 0.15) is 30.2 Å². The Morgan fingerprint density at radius 2 is 1.96 bits per heavy atom. The summed E-state index contributed by atoms with van der Waals surface area (Å²) in [7, 11) is 0. The van der Waals surface area contributed by atoms with E-state index in [1.807, 2.05) is 0 Å². The second-order valence-corrected chi connectivity index (χ2v) is 6.48. The zero-order valence-corrected chi connectivity index (χ0v) is 14.0. The molecule has 0 saturated carbocycles. The first-order valence-corrected chi connectivity index (χ1v) is 8.03. The average Bonchev–Trinajstić information content (AvgIpc) is 2.95. The third-order valence-corrected chi connectivity index (χ3v) is 5.07. The van der Waals surface area contributed by atoms with Gasteiger partial charge in [-0.25, -0.2) is 0 Å². The van der Waals surface area contributed by atoms with Crippen molar-refractivity contribution in [1.82, 2.24) is 4.98 Å². The third-order valence-electron chi connectivity index (χ3n) is 3.79. The van der Waals surface area contributed by atoms with E-state index in [-0.39, 0.29) is 0 Å². The van der Waals surface area contributed by atoms with E-state index in [4.69, 9.17) is 21.1 Å². The van der Waals surface area contributed by atoms with E-state index in [0.29, 0.717) is 20.6 Å². The number of hydrogen-bond acceptors (Lipinski definition) is 6. The molecule has 1 aromatic carbocycles. The monoisotopic (exact) mass is 407 g/mol. The van der Waals surface area contributed by atoms with Gasteiger partial charge >= 0.3 is 0 Å². The van der Waals surface area contributed by atoms with Crippen molar-refractivity contribution in [1.29, 1.82) is 0 Å². The molecule has 0 bridgehead atoms. The fourth-order valence-electron chi connectivity index (χ4n) is 2.51. The van der Waals surface area contributed by atoms with E-state index in [2.05, 4.69) is 20.9 Å². The van der Waals surface area contributed by atoms with Crippen LogP contribution in [0.3, 0.4) is 0 Å². The number of ether oxygens (including phenoxy) is 2. The van der Waals surface area contributed by atoms with Crippen LogP contribution in [0, 0.1) is 0 Å². The molecular formula is C14H15BrClNO6. The Labute approximate surface area is 144 Å². The van der Waals surface area contributed by atoms with Crippen LogP contribution in [0.4, 0.5) is 0 Å². The maximum Gasteiger partial charge on any atom is 0.229 e. The van der Waals surface area contributed by atoms with E-state index in [9.17, 15) is 20.4 Å². The lowest BCUT2D eigenvalue weighted by Crippen LogP contribution is -2.60. The van der Waals surface area contributed by atoms with E-state index in [1.165, 1.54) is 0 Å². The smallest absolute Gasteiger partial charge is 0.229 e. The topological polar surface area (TPSA) is 115 Å². The Balaban J connectivity index is 1.91. The Morgan fingerprint density at radius 1 is 1.22 bits per heavy atom. The van der Waals surface area contributed by atoms with Crippen LogP contribution in [0.25, 0.3) is 10.9 Å². The molecule has 0 amide bonds. The highest BCUT2D eigenvalue weighted by Crippen LogP contribution is 2.38. The molecule has 23 heavy (non-hydrogen) atoms. The fraction of sp³-hybridized carbons (Fsp3) is 0.429. The summed E-state index contributed by atoms with van der Waals surface area (Å²) < 4.78 is 11.6. The van der Waals surface area contributed by atoms with Crippen LogP contribution in [0.5, 0.6) is 5.75 Å². The maximum absolute atomic E-state index is 10.0. The van der Waals surface area contributed by atoms with Crippen molar-refractivity contribution < 1.29 is 29.9 Å². The highest BCUT2D eigenvalue weighted by molar-refractivity contribution is 9.10. The van der Waals surface area contributed by atoms with E-state index < -0.39 is 37.3 Å². The molecule has 126 valence electrons. The van der Waals surface area contributed by atoms with E-state index in [1.54, 1.807) is 18.3 Å². The number of aromatic amines is 1. The lowest BCUT2D eigenvalue weighted by molar-refractivity contribution is -0.277. The molecule has 9 heteroatoms. The summed E-state index contributed by atoms with van der Waals surface area (Å²) in [5.41, 5.74) is 0.720. The quantitative estimate of drug-likeness (QED) is 0.512. The normalized spacial score (nSPS) is 31.5. The van der Waals surface area contributed by atoms with Crippen LogP contribution in [0.15, 0.2) is 22.8 Å². The van der Waals surface area contributed by atoms with Crippen molar-refractivity contribution in [3.63, 3.8) is 0 Å². The minimum atomic E-state index is -1.50. The van der Waals surface area contributed by atoms with Crippen LogP contribution in [0.2, 0.25) is 5.02 Å². The molecule has 1 aliphatic rings. The molecule has 0 spiro atoms. The van der Waals surface area contributed by atoms with Gasteiger partial charge in [0.25, 0.3) is 0 Å².